The Balaban J connectivity index is 1.50. The van der Waals surface area contributed by atoms with Gasteiger partial charge < -0.3 is 14.4 Å². The number of unbranched alkanes of at least 4 members (excludes halogenated alkanes) is 2. The predicted octanol–water partition coefficient (Wildman–Crippen LogP) is 6.29. The fourth-order valence-electron chi connectivity index (χ4n) is 4.11. The molecule has 37 heavy (non-hydrogen) atoms. The lowest BCUT2D eigenvalue weighted by Crippen LogP contribution is -2.45. The monoisotopic (exact) mass is 540 g/mol. The molecule has 1 aliphatic heterocycles. The lowest BCUT2D eigenvalue weighted by atomic mass is 10.0. The molecule has 6 nitrogen and oxygen atoms in total. The van der Waals surface area contributed by atoms with E-state index < -0.39 is 0 Å². The summed E-state index contributed by atoms with van der Waals surface area (Å²) in [5, 5.41) is 0. The zero-order valence-corrected chi connectivity index (χ0v) is 23.9. The SMILES string of the molecule is COc1ccc(/C=C2\SC(=S)N(CCCCCC(=O)N(Cc3ccccc3)C(C)(C)C)C2=O)cc1OC. The molecule has 1 heterocycles. The van der Waals surface area contributed by atoms with Crippen LogP contribution in [-0.2, 0) is 16.1 Å². The number of hydrogen-bond donors (Lipinski definition) is 0. The van der Waals surface area contributed by atoms with Crippen LogP contribution in [0.3, 0.4) is 0 Å². The van der Waals surface area contributed by atoms with E-state index in [1.54, 1.807) is 19.1 Å². The van der Waals surface area contributed by atoms with Crippen LogP contribution < -0.4 is 9.47 Å². The topological polar surface area (TPSA) is 59.1 Å². The summed E-state index contributed by atoms with van der Waals surface area (Å²) in [6, 6.07) is 15.6. The van der Waals surface area contributed by atoms with E-state index in [1.165, 1.54) is 11.8 Å². The van der Waals surface area contributed by atoms with Gasteiger partial charge in [-0.2, -0.15) is 0 Å². The Labute approximate surface area is 230 Å². The summed E-state index contributed by atoms with van der Waals surface area (Å²) in [7, 11) is 3.17. The highest BCUT2D eigenvalue weighted by Gasteiger charge is 2.31. The van der Waals surface area contributed by atoms with Crippen molar-refractivity contribution in [2.45, 2.75) is 58.5 Å². The van der Waals surface area contributed by atoms with Crippen LogP contribution in [0, 0.1) is 0 Å². The number of carbonyl (C=O) groups excluding carboxylic acids is 2. The minimum absolute atomic E-state index is 0.0809. The average molecular weight is 541 g/mol. The predicted molar refractivity (Wildman–Crippen MR) is 155 cm³/mol. The third kappa shape index (κ3) is 7.82. The minimum Gasteiger partial charge on any atom is -0.493 e. The molecule has 0 aliphatic carbocycles. The van der Waals surface area contributed by atoms with Crippen LogP contribution in [0.1, 0.15) is 57.6 Å². The number of benzene rings is 2. The molecule has 1 saturated heterocycles. The van der Waals surface area contributed by atoms with Crippen LogP contribution in [0.25, 0.3) is 6.08 Å². The molecule has 2 aromatic carbocycles. The van der Waals surface area contributed by atoms with Crippen LogP contribution >= 0.6 is 24.0 Å². The van der Waals surface area contributed by atoms with Crippen LogP contribution in [0.2, 0.25) is 0 Å². The van der Waals surface area contributed by atoms with Crippen molar-refractivity contribution in [3.63, 3.8) is 0 Å². The van der Waals surface area contributed by atoms with Crippen molar-refractivity contribution < 1.29 is 19.1 Å². The van der Waals surface area contributed by atoms with Gasteiger partial charge in [0.2, 0.25) is 5.91 Å². The first kappa shape index (κ1) is 28.7. The van der Waals surface area contributed by atoms with Crippen molar-refractivity contribution >= 4 is 46.2 Å². The Morgan fingerprint density at radius 2 is 1.73 bits per heavy atom. The van der Waals surface area contributed by atoms with Gasteiger partial charge in [0, 0.05) is 25.0 Å². The Bertz CT molecular complexity index is 1140. The van der Waals surface area contributed by atoms with E-state index in [4.69, 9.17) is 21.7 Å². The normalized spacial score (nSPS) is 14.8. The molecule has 0 aromatic heterocycles. The molecule has 1 aliphatic rings. The van der Waals surface area contributed by atoms with Crippen molar-refractivity contribution in [2.75, 3.05) is 20.8 Å². The van der Waals surface area contributed by atoms with E-state index in [9.17, 15) is 9.59 Å². The fraction of sp³-hybridized carbons (Fsp3) is 0.414. The van der Waals surface area contributed by atoms with E-state index >= 15 is 0 Å². The number of hydrogen-bond acceptors (Lipinski definition) is 6. The number of methoxy groups -OCH3 is 2. The third-order valence-electron chi connectivity index (χ3n) is 6.15. The molecule has 0 radical (unpaired) electrons. The summed E-state index contributed by atoms with van der Waals surface area (Å²) in [4.78, 5) is 30.2. The van der Waals surface area contributed by atoms with Crippen molar-refractivity contribution in [1.82, 2.24) is 9.80 Å². The molecule has 2 amide bonds. The Morgan fingerprint density at radius 1 is 1.03 bits per heavy atom. The van der Waals surface area contributed by atoms with E-state index in [0.29, 0.717) is 40.2 Å². The molecule has 198 valence electrons. The molecule has 2 aromatic rings. The van der Waals surface area contributed by atoms with Gasteiger partial charge >= 0.3 is 0 Å². The van der Waals surface area contributed by atoms with E-state index in [2.05, 4.69) is 20.8 Å². The first-order valence-corrected chi connectivity index (χ1v) is 13.7. The molecule has 8 heteroatoms. The van der Waals surface area contributed by atoms with Gasteiger partial charge in [-0.1, -0.05) is 66.8 Å². The van der Waals surface area contributed by atoms with Gasteiger partial charge in [-0.15, -0.1) is 0 Å². The molecule has 1 fully saturated rings. The lowest BCUT2D eigenvalue weighted by molar-refractivity contribution is -0.137. The maximum absolute atomic E-state index is 13.0. The molecule has 0 bridgehead atoms. The third-order valence-corrected chi connectivity index (χ3v) is 7.52. The second-order valence-corrected chi connectivity index (χ2v) is 11.6. The standard InChI is InChI=1S/C29H36N2O4S2/c1-29(2,3)31(20-21-12-8-6-9-13-21)26(32)14-10-7-11-17-30-27(33)25(37-28(30)36)19-22-15-16-23(34-4)24(18-22)35-5/h6,8-9,12-13,15-16,18-19H,7,10-11,14,17,20H2,1-5H3/b25-19-. The van der Waals surface area contributed by atoms with Gasteiger partial charge in [0.15, 0.2) is 11.5 Å². The fourth-order valence-corrected chi connectivity index (χ4v) is 5.42. The van der Waals surface area contributed by atoms with Crippen LogP contribution in [0.15, 0.2) is 53.4 Å². The zero-order valence-electron chi connectivity index (χ0n) is 22.3. The second-order valence-electron chi connectivity index (χ2n) is 9.89. The second kappa shape index (κ2) is 13.1. The molecule has 0 saturated carbocycles. The molecule has 0 unspecified atom stereocenters. The Kier molecular flexibility index (Phi) is 10.2. The summed E-state index contributed by atoms with van der Waals surface area (Å²) in [5.74, 6) is 1.31. The van der Waals surface area contributed by atoms with Crippen molar-refractivity contribution in [3.05, 3.63) is 64.6 Å². The average Bonchev–Trinajstić information content (AvgIpc) is 3.13. The number of ether oxygens (including phenoxy) is 2. The summed E-state index contributed by atoms with van der Waals surface area (Å²) in [6.45, 7) is 7.36. The number of carbonyl (C=O) groups is 2. The molecular formula is C29H36N2O4S2. The van der Waals surface area contributed by atoms with Crippen LogP contribution in [-0.4, -0.2) is 52.2 Å². The summed E-state index contributed by atoms with van der Waals surface area (Å²) in [6.07, 6.45) is 4.73. The molecule has 0 N–H and O–H groups in total. The molecule has 0 atom stereocenters. The molecular weight excluding hydrogens is 504 g/mol. The van der Waals surface area contributed by atoms with Crippen molar-refractivity contribution in [2.24, 2.45) is 0 Å². The van der Waals surface area contributed by atoms with E-state index in [0.717, 1.165) is 30.4 Å². The van der Waals surface area contributed by atoms with Crippen molar-refractivity contribution in [1.29, 1.82) is 0 Å². The van der Waals surface area contributed by atoms with Gasteiger partial charge in [-0.25, -0.2) is 0 Å². The molecule has 0 spiro atoms. The number of thiocarbonyl (C=S) groups is 1. The Morgan fingerprint density at radius 3 is 2.38 bits per heavy atom. The number of nitrogens with zero attached hydrogens (tertiary/aromatic N) is 2. The quantitative estimate of drug-likeness (QED) is 0.190. The minimum atomic E-state index is -0.255. The summed E-state index contributed by atoms with van der Waals surface area (Å²) >= 11 is 6.79. The van der Waals surface area contributed by atoms with E-state index in [-0.39, 0.29) is 17.4 Å². The zero-order chi connectivity index (χ0) is 27.0. The highest BCUT2D eigenvalue weighted by Crippen LogP contribution is 2.35. The number of rotatable bonds is 11. The largest absolute Gasteiger partial charge is 0.493 e. The van der Waals surface area contributed by atoms with Crippen molar-refractivity contribution in [3.8, 4) is 11.5 Å². The Hall–Kier alpha value is -2.84. The van der Waals surface area contributed by atoms with Crippen LogP contribution in [0.4, 0.5) is 0 Å². The summed E-state index contributed by atoms with van der Waals surface area (Å²) < 4.78 is 11.2. The summed E-state index contributed by atoms with van der Waals surface area (Å²) in [5.41, 5.74) is 1.71. The maximum Gasteiger partial charge on any atom is 0.266 e. The van der Waals surface area contributed by atoms with Crippen LogP contribution in [0.5, 0.6) is 11.5 Å². The van der Waals surface area contributed by atoms with Gasteiger partial charge in [-0.3, -0.25) is 14.5 Å². The van der Waals surface area contributed by atoms with Gasteiger partial charge in [0.25, 0.3) is 5.91 Å². The van der Waals surface area contributed by atoms with Gasteiger partial charge in [0.05, 0.1) is 19.1 Å². The smallest absolute Gasteiger partial charge is 0.266 e. The maximum atomic E-state index is 13.0. The van der Waals surface area contributed by atoms with E-state index in [1.807, 2.05) is 59.5 Å². The first-order valence-electron chi connectivity index (χ1n) is 12.5. The number of thioether (sulfide) groups is 1. The lowest BCUT2D eigenvalue weighted by Gasteiger charge is -2.36. The first-order chi connectivity index (χ1) is 17.6. The highest BCUT2D eigenvalue weighted by atomic mass is 32.2. The highest BCUT2D eigenvalue weighted by molar-refractivity contribution is 8.26. The van der Waals surface area contributed by atoms with Gasteiger partial charge in [-0.05, 0) is 62.9 Å². The van der Waals surface area contributed by atoms with Gasteiger partial charge in [0.1, 0.15) is 4.32 Å². The molecule has 3 rings (SSSR count). The number of amides is 2.